The molecule has 0 heterocycles. The Kier molecular flexibility index (Phi) is 8.86. The van der Waals surface area contributed by atoms with Crippen molar-refractivity contribution in [2.45, 2.75) is 27.2 Å². The predicted molar refractivity (Wildman–Crippen MR) is 129 cm³/mol. The SMILES string of the molecule is CN(CCNS(=O)(=O)c1cc(S(=O)(=O)c2ccccc2)ccc1C(F)(F)F)C(=O)c1ccccc1OC(F)(F)F. The summed E-state index contributed by atoms with van der Waals surface area (Å²) in [4.78, 5) is 11.1. The Bertz CT molecular complexity index is 1590. The Morgan fingerprint density at radius 2 is 1.45 bits per heavy atom. The average Bonchev–Trinajstić information content (AvgIpc) is 2.87. The summed E-state index contributed by atoms with van der Waals surface area (Å²) in [5.41, 5.74) is -2.13. The van der Waals surface area contributed by atoms with Crippen LogP contribution in [0.3, 0.4) is 0 Å². The number of para-hydroxylation sites is 1. The van der Waals surface area contributed by atoms with Gasteiger partial charge in [0, 0.05) is 20.1 Å². The Morgan fingerprint density at radius 1 is 0.850 bits per heavy atom. The van der Waals surface area contributed by atoms with Crippen LogP contribution in [0.5, 0.6) is 5.75 Å². The summed E-state index contributed by atoms with van der Waals surface area (Å²) >= 11 is 0. The number of halogens is 6. The number of carbonyl (C=O) groups excluding carboxylic acids is 1. The number of alkyl halides is 6. The second kappa shape index (κ2) is 11.5. The number of hydrogen-bond donors (Lipinski definition) is 1. The van der Waals surface area contributed by atoms with Gasteiger partial charge in [0.2, 0.25) is 19.9 Å². The molecule has 216 valence electrons. The van der Waals surface area contributed by atoms with Gasteiger partial charge in [0.1, 0.15) is 5.75 Å². The highest BCUT2D eigenvalue weighted by molar-refractivity contribution is 7.91. The first-order valence-electron chi connectivity index (χ1n) is 11.0. The van der Waals surface area contributed by atoms with Crippen molar-refractivity contribution < 1.29 is 52.7 Å². The molecule has 0 spiro atoms. The molecule has 0 aliphatic heterocycles. The molecule has 1 amide bonds. The van der Waals surface area contributed by atoms with E-state index in [2.05, 4.69) is 4.74 Å². The van der Waals surface area contributed by atoms with Gasteiger partial charge in [-0.3, -0.25) is 4.79 Å². The summed E-state index contributed by atoms with van der Waals surface area (Å²) in [6, 6.07) is 12.4. The second-order valence-corrected chi connectivity index (χ2v) is 11.8. The van der Waals surface area contributed by atoms with Crippen LogP contribution in [0.25, 0.3) is 0 Å². The van der Waals surface area contributed by atoms with E-state index in [4.69, 9.17) is 0 Å². The van der Waals surface area contributed by atoms with Gasteiger partial charge in [0.25, 0.3) is 5.91 Å². The highest BCUT2D eigenvalue weighted by Gasteiger charge is 2.38. The summed E-state index contributed by atoms with van der Waals surface area (Å²) < 4.78 is 136. The first kappa shape index (κ1) is 30.9. The van der Waals surface area contributed by atoms with Gasteiger partial charge < -0.3 is 9.64 Å². The molecule has 0 fully saturated rings. The summed E-state index contributed by atoms with van der Waals surface area (Å²) in [6.45, 7) is -1.15. The van der Waals surface area contributed by atoms with E-state index in [9.17, 15) is 48.0 Å². The van der Waals surface area contributed by atoms with Gasteiger partial charge >= 0.3 is 12.5 Å². The minimum atomic E-state index is -5.17. The number of rotatable bonds is 9. The summed E-state index contributed by atoms with van der Waals surface area (Å²) in [7, 11) is -8.26. The summed E-state index contributed by atoms with van der Waals surface area (Å²) in [5.74, 6) is -1.80. The van der Waals surface area contributed by atoms with Gasteiger partial charge in [-0.15, -0.1) is 13.2 Å². The number of ether oxygens (including phenoxy) is 1. The monoisotopic (exact) mass is 610 g/mol. The molecule has 3 aromatic carbocycles. The highest BCUT2D eigenvalue weighted by atomic mass is 32.2. The molecule has 0 radical (unpaired) electrons. The van der Waals surface area contributed by atoms with Crippen LogP contribution in [-0.4, -0.2) is 54.1 Å². The van der Waals surface area contributed by atoms with E-state index in [1.54, 1.807) is 0 Å². The topological polar surface area (TPSA) is 110 Å². The molecule has 1 N–H and O–H groups in total. The van der Waals surface area contributed by atoms with Crippen molar-refractivity contribution in [1.82, 2.24) is 9.62 Å². The highest BCUT2D eigenvalue weighted by Crippen LogP contribution is 2.36. The third-order valence-corrected chi connectivity index (χ3v) is 8.61. The molecule has 0 bridgehead atoms. The Hall–Kier alpha value is -3.63. The van der Waals surface area contributed by atoms with E-state index in [0.29, 0.717) is 18.2 Å². The van der Waals surface area contributed by atoms with E-state index >= 15 is 0 Å². The van der Waals surface area contributed by atoms with Crippen LogP contribution in [0.1, 0.15) is 15.9 Å². The Balaban J connectivity index is 1.85. The lowest BCUT2D eigenvalue weighted by molar-refractivity contribution is -0.274. The Morgan fingerprint density at radius 3 is 2.05 bits per heavy atom. The molecule has 0 aliphatic rings. The van der Waals surface area contributed by atoms with E-state index in [0.717, 1.165) is 24.1 Å². The largest absolute Gasteiger partial charge is 0.573 e. The van der Waals surface area contributed by atoms with Crippen molar-refractivity contribution in [2.24, 2.45) is 0 Å². The van der Waals surface area contributed by atoms with Crippen molar-refractivity contribution in [3.05, 3.63) is 83.9 Å². The van der Waals surface area contributed by atoms with E-state index in [1.165, 1.54) is 42.5 Å². The summed E-state index contributed by atoms with van der Waals surface area (Å²) in [6.07, 6.45) is -10.3. The molecule has 0 atom stereocenters. The molecular formula is C24H20F6N2O6S2. The molecule has 3 aromatic rings. The molecule has 8 nitrogen and oxygen atoms in total. The number of nitrogens with one attached hydrogen (secondary N) is 1. The van der Waals surface area contributed by atoms with Crippen LogP contribution in [-0.2, 0) is 26.0 Å². The van der Waals surface area contributed by atoms with Crippen molar-refractivity contribution in [2.75, 3.05) is 20.1 Å². The summed E-state index contributed by atoms with van der Waals surface area (Å²) in [5, 5.41) is 0. The minimum Gasteiger partial charge on any atom is -0.405 e. The smallest absolute Gasteiger partial charge is 0.405 e. The van der Waals surface area contributed by atoms with Gasteiger partial charge in [-0.25, -0.2) is 21.6 Å². The van der Waals surface area contributed by atoms with Crippen LogP contribution in [0, 0.1) is 0 Å². The molecule has 3 rings (SSSR count). The molecule has 16 heteroatoms. The number of sulfone groups is 1. The average molecular weight is 611 g/mol. The molecule has 0 saturated carbocycles. The van der Waals surface area contributed by atoms with Crippen molar-refractivity contribution >= 4 is 25.8 Å². The van der Waals surface area contributed by atoms with Crippen LogP contribution < -0.4 is 9.46 Å². The maximum absolute atomic E-state index is 13.6. The quantitative estimate of drug-likeness (QED) is 0.358. The minimum absolute atomic E-state index is 0.277. The number of carbonyl (C=O) groups is 1. The zero-order valence-corrected chi connectivity index (χ0v) is 22.0. The normalized spacial score (nSPS) is 12.7. The number of benzene rings is 3. The van der Waals surface area contributed by atoms with Crippen molar-refractivity contribution in [3.63, 3.8) is 0 Å². The number of nitrogens with zero attached hydrogens (tertiary/aromatic N) is 1. The van der Waals surface area contributed by atoms with Crippen LogP contribution >= 0.6 is 0 Å². The zero-order chi connectivity index (χ0) is 29.9. The van der Waals surface area contributed by atoms with Gasteiger partial charge in [-0.2, -0.15) is 13.2 Å². The van der Waals surface area contributed by atoms with Crippen molar-refractivity contribution in [1.29, 1.82) is 0 Å². The van der Waals surface area contributed by atoms with Crippen molar-refractivity contribution in [3.8, 4) is 5.75 Å². The molecule has 0 saturated heterocycles. The number of amides is 1. The van der Waals surface area contributed by atoms with Gasteiger partial charge in [0.05, 0.1) is 25.8 Å². The van der Waals surface area contributed by atoms with E-state index < -0.39 is 78.1 Å². The lowest BCUT2D eigenvalue weighted by Gasteiger charge is -2.20. The molecule has 0 aliphatic carbocycles. The fourth-order valence-corrected chi connectivity index (χ4v) is 6.11. The number of sulfonamides is 1. The number of likely N-dealkylation sites (N-methyl/N-ethyl adjacent to an activating group) is 1. The maximum atomic E-state index is 13.6. The van der Waals surface area contributed by atoms with E-state index in [-0.39, 0.29) is 4.90 Å². The lowest BCUT2D eigenvalue weighted by Crippen LogP contribution is -2.37. The van der Waals surface area contributed by atoms with Gasteiger partial charge in [-0.05, 0) is 42.5 Å². The fourth-order valence-electron chi connectivity index (χ4n) is 3.45. The van der Waals surface area contributed by atoms with Crippen LogP contribution in [0.2, 0.25) is 0 Å². The molecule has 0 unspecified atom stereocenters. The predicted octanol–water partition coefficient (Wildman–Crippen LogP) is 4.49. The molecule has 40 heavy (non-hydrogen) atoms. The lowest BCUT2D eigenvalue weighted by atomic mass is 10.2. The van der Waals surface area contributed by atoms with Crippen LogP contribution in [0.4, 0.5) is 26.3 Å². The second-order valence-electron chi connectivity index (χ2n) is 8.14. The van der Waals surface area contributed by atoms with Gasteiger partial charge in [-0.1, -0.05) is 30.3 Å². The fraction of sp³-hybridized carbons (Fsp3) is 0.208. The Labute approximate surface area is 225 Å². The standard InChI is InChI=1S/C24H20F6N2O6S2/c1-32(22(33)18-9-5-6-10-20(18)38-24(28,29)30)14-13-31-40(36,37)21-15-17(11-12-19(21)23(25,26)27)39(34,35)16-7-3-2-4-8-16/h2-12,15,31H,13-14H2,1H3. The third kappa shape index (κ3) is 7.31. The van der Waals surface area contributed by atoms with Gasteiger partial charge in [0.15, 0.2) is 0 Å². The number of hydrogen-bond acceptors (Lipinski definition) is 6. The molecular weight excluding hydrogens is 590 g/mol. The first-order chi connectivity index (χ1) is 18.4. The maximum Gasteiger partial charge on any atom is 0.573 e. The van der Waals surface area contributed by atoms with E-state index in [1.807, 2.05) is 4.72 Å². The van der Waals surface area contributed by atoms with Crippen LogP contribution in [0.15, 0.2) is 87.5 Å². The third-order valence-electron chi connectivity index (χ3n) is 5.34. The first-order valence-corrected chi connectivity index (χ1v) is 14.0. The molecule has 0 aromatic heterocycles. The zero-order valence-electron chi connectivity index (χ0n) is 20.3.